The Morgan fingerprint density at radius 3 is 2.88 bits per heavy atom. The minimum Gasteiger partial charge on any atom is -0.495 e. The van der Waals surface area contributed by atoms with Crippen molar-refractivity contribution in [2.75, 3.05) is 31.4 Å². The van der Waals surface area contributed by atoms with Gasteiger partial charge in [-0.15, -0.1) is 0 Å². The number of benzene rings is 1. The lowest BCUT2D eigenvalue weighted by Gasteiger charge is -2.07. The average Bonchev–Trinajstić information content (AvgIpc) is 2.29. The minimum absolute atomic E-state index is 0.108. The van der Waals surface area contributed by atoms with E-state index in [-0.39, 0.29) is 5.91 Å². The smallest absolute Gasteiger partial charge is 0.251 e. The molecule has 0 atom stereocenters. The summed E-state index contributed by atoms with van der Waals surface area (Å²) < 4.78 is 5.02. The molecule has 0 aliphatic heterocycles. The molecule has 88 valence electrons. The molecule has 0 radical (unpaired) electrons. The Labute approximate surface area is 99.5 Å². The second-order valence-electron chi connectivity index (χ2n) is 3.21. The number of amides is 1. The van der Waals surface area contributed by atoms with Gasteiger partial charge in [0, 0.05) is 17.9 Å². The van der Waals surface area contributed by atoms with Crippen molar-refractivity contribution in [3.05, 3.63) is 23.8 Å². The Morgan fingerprint density at radius 1 is 1.56 bits per heavy atom. The lowest BCUT2D eigenvalue weighted by Crippen LogP contribution is -2.25. The van der Waals surface area contributed by atoms with E-state index in [9.17, 15) is 4.79 Å². The predicted molar refractivity (Wildman–Crippen MR) is 68.1 cm³/mol. The van der Waals surface area contributed by atoms with Crippen molar-refractivity contribution in [1.29, 1.82) is 0 Å². The number of carbonyl (C=O) groups is 1. The number of nitrogens with two attached hydrogens (primary N) is 1. The number of ether oxygens (including phenoxy) is 1. The van der Waals surface area contributed by atoms with Crippen LogP contribution in [0.15, 0.2) is 18.2 Å². The molecule has 0 unspecified atom stereocenters. The van der Waals surface area contributed by atoms with E-state index in [0.717, 1.165) is 5.75 Å². The van der Waals surface area contributed by atoms with E-state index in [4.69, 9.17) is 10.5 Å². The van der Waals surface area contributed by atoms with Gasteiger partial charge in [0.1, 0.15) is 5.75 Å². The van der Waals surface area contributed by atoms with E-state index in [2.05, 4.69) is 5.32 Å². The highest BCUT2D eigenvalue weighted by atomic mass is 32.2. The Bertz CT molecular complexity index is 369. The van der Waals surface area contributed by atoms with Gasteiger partial charge in [-0.25, -0.2) is 0 Å². The molecule has 1 rings (SSSR count). The van der Waals surface area contributed by atoms with E-state index < -0.39 is 0 Å². The first-order valence-electron chi connectivity index (χ1n) is 4.89. The number of anilines is 1. The molecule has 1 aromatic carbocycles. The number of hydrogen-bond donors (Lipinski definition) is 2. The van der Waals surface area contributed by atoms with Crippen molar-refractivity contribution < 1.29 is 9.53 Å². The number of rotatable bonds is 5. The molecule has 0 heterocycles. The normalized spacial score (nSPS) is 9.88. The van der Waals surface area contributed by atoms with Crippen molar-refractivity contribution in [3.8, 4) is 5.75 Å². The zero-order chi connectivity index (χ0) is 12.0. The summed E-state index contributed by atoms with van der Waals surface area (Å²) in [7, 11) is 1.55. The molecule has 16 heavy (non-hydrogen) atoms. The molecular weight excluding hydrogens is 224 g/mol. The third-order valence-electron chi connectivity index (χ3n) is 2.08. The highest BCUT2D eigenvalue weighted by Gasteiger charge is 2.07. The van der Waals surface area contributed by atoms with Gasteiger partial charge in [-0.05, 0) is 24.5 Å². The topological polar surface area (TPSA) is 64.3 Å². The number of nitrogens with one attached hydrogen (secondary N) is 1. The number of hydrogen-bond acceptors (Lipinski definition) is 4. The quantitative estimate of drug-likeness (QED) is 0.602. The van der Waals surface area contributed by atoms with Crippen LogP contribution in [0, 0.1) is 0 Å². The zero-order valence-corrected chi connectivity index (χ0v) is 10.3. The molecular formula is C11H16N2O2S. The lowest BCUT2D eigenvalue weighted by atomic mass is 10.2. The van der Waals surface area contributed by atoms with Crippen LogP contribution >= 0.6 is 11.8 Å². The van der Waals surface area contributed by atoms with Crippen molar-refractivity contribution in [1.82, 2.24) is 5.32 Å². The summed E-state index contributed by atoms with van der Waals surface area (Å²) in [4.78, 5) is 11.7. The lowest BCUT2D eigenvalue weighted by molar-refractivity contribution is 0.0956. The second kappa shape index (κ2) is 6.27. The van der Waals surface area contributed by atoms with Gasteiger partial charge in [0.25, 0.3) is 5.91 Å². The third-order valence-corrected chi connectivity index (χ3v) is 2.70. The van der Waals surface area contributed by atoms with Gasteiger partial charge in [-0.2, -0.15) is 11.8 Å². The molecule has 0 saturated heterocycles. The largest absolute Gasteiger partial charge is 0.495 e. The van der Waals surface area contributed by atoms with Crippen LogP contribution in [0.1, 0.15) is 10.4 Å². The fourth-order valence-electron chi connectivity index (χ4n) is 1.24. The SMILES string of the molecule is COc1ccc(C(=O)NCCSC)cc1N. The van der Waals surface area contributed by atoms with Gasteiger partial charge in [-0.3, -0.25) is 4.79 Å². The molecule has 0 aliphatic rings. The first-order valence-corrected chi connectivity index (χ1v) is 6.29. The van der Waals surface area contributed by atoms with Crippen molar-refractivity contribution >= 4 is 23.4 Å². The van der Waals surface area contributed by atoms with Gasteiger partial charge in [0.2, 0.25) is 0 Å². The summed E-state index contributed by atoms with van der Waals surface area (Å²) >= 11 is 1.69. The summed E-state index contributed by atoms with van der Waals surface area (Å²) in [6, 6.07) is 5.01. The zero-order valence-electron chi connectivity index (χ0n) is 9.45. The number of thioether (sulfide) groups is 1. The van der Waals surface area contributed by atoms with Gasteiger partial charge < -0.3 is 15.8 Å². The second-order valence-corrected chi connectivity index (χ2v) is 4.19. The highest BCUT2D eigenvalue weighted by Crippen LogP contribution is 2.21. The summed E-state index contributed by atoms with van der Waals surface area (Å²) in [5, 5.41) is 2.81. The van der Waals surface area contributed by atoms with Crippen molar-refractivity contribution in [2.24, 2.45) is 0 Å². The molecule has 1 aromatic rings. The Hall–Kier alpha value is -1.36. The molecule has 0 aromatic heterocycles. The van der Waals surface area contributed by atoms with E-state index in [1.54, 1.807) is 37.1 Å². The standard InChI is InChI=1S/C11H16N2O2S/c1-15-10-4-3-8(7-9(10)12)11(14)13-5-6-16-2/h3-4,7H,5-6,12H2,1-2H3,(H,13,14). The molecule has 0 aliphatic carbocycles. The minimum atomic E-state index is -0.108. The number of carbonyl (C=O) groups excluding carboxylic acids is 1. The maximum Gasteiger partial charge on any atom is 0.251 e. The molecule has 0 spiro atoms. The van der Waals surface area contributed by atoms with Gasteiger partial charge in [0.15, 0.2) is 0 Å². The monoisotopic (exact) mass is 240 g/mol. The summed E-state index contributed by atoms with van der Waals surface area (Å²) in [6.07, 6.45) is 2.00. The molecule has 0 saturated carbocycles. The molecule has 5 heteroatoms. The fourth-order valence-corrected chi connectivity index (χ4v) is 1.55. The van der Waals surface area contributed by atoms with E-state index in [1.165, 1.54) is 0 Å². The maximum atomic E-state index is 11.7. The van der Waals surface area contributed by atoms with Crippen molar-refractivity contribution in [3.63, 3.8) is 0 Å². The van der Waals surface area contributed by atoms with Crippen LogP contribution < -0.4 is 15.8 Å². The first-order chi connectivity index (χ1) is 7.69. The van der Waals surface area contributed by atoms with E-state index in [0.29, 0.717) is 23.5 Å². The molecule has 1 amide bonds. The number of nitrogen functional groups attached to an aromatic ring is 1. The van der Waals surface area contributed by atoms with Crippen LogP contribution in [0.25, 0.3) is 0 Å². The van der Waals surface area contributed by atoms with Crippen LogP contribution in [0.4, 0.5) is 5.69 Å². The van der Waals surface area contributed by atoms with Crippen LogP contribution in [0.3, 0.4) is 0 Å². The highest BCUT2D eigenvalue weighted by molar-refractivity contribution is 7.98. The Morgan fingerprint density at radius 2 is 2.31 bits per heavy atom. The summed E-state index contributed by atoms with van der Waals surface area (Å²) in [5.41, 5.74) is 6.74. The van der Waals surface area contributed by atoms with Crippen LogP contribution in [-0.2, 0) is 0 Å². The molecule has 4 nitrogen and oxygen atoms in total. The molecule has 0 fully saturated rings. The predicted octanol–water partition coefficient (Wildman–Crippen LogP) is 1.37. The van der Waals surface area contributed by atoms with E-state index in [1.807, 2.05) is 6.26 Å². The molecule has 0 bridgehead atoms. The summed E-state index contributed by atoms with van der Waals surface area (Å²) in [6.45, 7) is 0.659. The van der Waals surface area contributed by atoms with E-state index >= 15 is 0 Å². The van der Waals surface area contributed by atoms with Crippen LogP contribution in [0.5, 0.6) is 5.75 Å². The van der Waals surface area contributed by atoms with Crippen molar-refractivity contribution in [2.45, 2.75) is 0 Å². The van der Waals surface area contributed by atoms with Gasteiger partial charge >= 0.3 is 0 Å². The third kappa shape index (κ3) is 3.34. The fraction of sp³-hybridized carbons (Fsp3) is 0.364. The summed E-state index contributed by atoms with van der Waals surface area (Å²) in [5.74, 6) is 1.38. The van der Waals surface area contributed by atoms with Gasteiger partial charge in [-0.1, -0.05) is 0 Å². The van der Waals surface area contributed by atoms with Gasteiger partial charge in [0.05, 0.1) is 12.8 Å². The Balaban J connectivity index is 2.66. The van der Waals surface area contributed by atoms with Crippen LogP contribution in [-0.4, -0.2) is 31.6 Å². The average molecular weight is 240 g/mol. The first kappa shape index (κ1) is 12.7. The van der Waals surface area contributed by atoms with Crippen LogP contribution in [0.2, 0.25) is 0 Å². The molecule has 3 N–H and O–H groups in total. The maximum absolute atomic E-state index is 11.7. The number of methoxy groups -OCH3 is 1. The Kier molecular flexibility index (Phi) is 4.98.